The first-order valence-corrected chi connectivity index (χ1v) is 8.34. The van der Waals surface area contributed by atoms with Crippen molar-refractivity contribution in [2.75, 3.05) is 5.32 Å². The average molecular weight is 288 g/mol. The van der Waals surface area contributed by atoms with Crippen LogP contribution in [0.1, 0.15) is 53.4 Å². The van der Waals surface area contributed by atoms with Gasteiger partial charge in [0.25, 0.3) is 5.56 Å². The van der Waals surface area contributed by atoms with Crippen molar-refractivity contribution in [3.05, 3.63) is 28.7 Å². The number of nitrogens with one attached hydrogen (secondary N) is 1. The normalized spacial score (nSPS) is 33.3. The van der Waals surface area contributed by atoms with Crippen LogP contribution >= 0.6 is 0 Å². The molecule has 1 N–H and O–H groups in total. The number of hydrogen-bond donors (Lipinski definition) is 1. The predicted molar refractivity (Wildman–Crippen MR) is 87.6 cm³/mol. The predicted octanol–water partition coefficient (Wildman–Crippen LogP) is 3.89. The molecule has 2 saturated carbocycles. The zero-order valence-corrected chi connectivity index (χ0v) is 13.8. The summed E-state index contributed by atoms with van der Waals surface area (Å²) >= 11 is 0. The molecule has 0 amide bonds. The minimum Gasteiger partial charge on any atom is -0.380 e. The molecule has 3 rings (SSSR count). The third-order valence-electron chi connectivity index (χ3n) is 6.03. The number of pyridine rings is 1. The van der Waals surface area contributed by atoms with Crippen LogP contribution in [0.25, 0.3) is 0 Å². The van der Waals surface area contributed by atoms with Gasteiger partial charge in [-0.2, -0.15) is 0 Å². The van der Waals surface area contributed by atoms with Crippen molar-refractivity contribution in [3.63, 3.8) is 0 Å². The van der Waals surface area contributed by atoms with Crippen molar-refractivity contribution < 1.29 is 0 Å². The molecule has 0 aromatic carbocycles. The minimum absolute atomic E-state index is 0.0980. The maximum absolute atomic E-state index is 11.9. The summed E-state index contributed by atoms with van der Waals surface area (Å²) in [6.07, 6.45) is 7.02. The molecule has 1 aromatic rings. The van der Waals surface area contributed by atoms with Gasteiger partial charge in [-0.1, -0.05) is 27.7 Å². The number of fused-ring (bicyclic) bond motifs is 2. The van der Waals surface area contributed by atoms with Crippen LogP contribution in [-0.2, 0) is 6.54 Å². The van der Waals surface area contributed by atoms with Crippen molar-refractivity contribution in [3.8, 4) is 0 Å². The molecule has 3 atom stereocenters. The van der Waals surface area contributed by atoms with Crippen molar-refractivity contribution in [2.45, 2.75) is 66.0 Å². The van der Waals surface area contributed by atoms with Gasteiger partial charge in [0.1, 0.15) is 0 Å². The van der Waals surface area contributed by atoms with Gasteiger partial charge in [-0.25, -0.2) is 0 Å². The molecule has 0 saturated heterocycles. The molecule has 116 valence electrons. The van der Waals surface area contributed by atoms with Gasteiger partial charge in [0.15, 0.2) is 0 Å². The molecule has 0 spiro atoms. The van der Waals surface area contributed by atoms with E-state index in [1.54, 1.807) is 6.07 Å². The Morgan fingerprint density at radius 1 is 1.33 bits per heavy atom. The first-order valence-electron chi connectivity index (χ1n) is 8.34. The van der Waals surface area contributed by atoms with Gasteiger partial charge in [-0.15, -0.1) is 0 Å². The number of anilines is 1. The van der Waals surface area contributed by atoms with E-state index in [0.717, 1.165) is 24.6 Å². The van der Waals surface area contributed by atoms with Crippen molar-refractivity contribution in [1.82, 2.24) is 4.57 Å². The number of rotatable bonds is 4. The summed E-state index contributed by atoms with van der Waals surface area (Å²) < 4.78 is 1.82. The lowest BCUT2D eigenvalue weighted by Gasteiger charge is -2.43. The maximum atomic E-state index is 11.9. The second-order valence-electron chi connectivity index (χ2n) is 7.94. The lowest BCUT2D eigenvalue weighted by atomic mass is 9.68. The van der Waals surface area contributed by atoms with Crippen LogP contribution in [0.3, 0.4) is 0 Å². The van der Waals surface area contributed by atoms with Crippen LogP contribution in [0.5, 0.6) is 0 Å². The summed E-state index contributed by atoms with van der Waals surface area (Å²) in [7, 11) is 0. The Balaban J connectivity index is 1.87. The number of nitrogens with zero attached hydrogens (tertiary/aromatic N) is 1. The Labute approximate surface area is 127 Å². The summed E-state index contributed by atoms with van der Waals surface area (Å²) in [6, 6.07) is 4.14. The molecule has 2 bridgehead atoms. The standard InChI is InChI=1S/C18H28N2O/c1-5-10-20-12-14(6-7-15(20)21)19-16-17(2,3)13-8-9-18(16,4)11-13/h6-7,12-13,16,19H,5,8-11H2,1-4H3/t13-,16?,18+/m0/s1. The van der Waals surface area contributed by atoms with E-state index in [9.17, 15) is 4.79 Å². The smallest absolute Gasteiger partial charge is 0.250 e. The van der Waals surface area contributed by atoms with Crippen LogP contribution in [0.15, 0.2) is 23.1 Å². The number of hydrogen-bond acceptors (Lipinski definition) is 2. The molecular weight excluding hydrogens is 260 g/mol. The third-order valence-corrected chi connectivity index (χ3v) is 6.03. The Morgan fingerprint density at radius 2 is 2.10 bits per heavy atom. The van der Waals surface area contributed by atoms with Gasteiger partial charge in [-0.3, -0.25) is 4.79 Å². The monoisotopic (exact) mass is 288 g/mol. The summed E-state index contributed by atoms with van der Waals surface area (Å²) in [5.41, 5.74) is 1.93. The second-order valence-corrected chi connectivity index (χ2v) is 7.94. The van der Waals surface area contributed by atoms with E-state index in [1.807, 2.05) is 16.8 Å². The molecule has 1 unspecified atom stereocenters. The first kappa shape index (κ1) is 14.7. The maximum Gasteiger partial charge on any atom is 0.250 e. The van der Waals surface area contributed by atoms with Crippen molar-refractivity contribution in [2.24, 2.45) is 16.7 Å². The summed E-state index contributed by atoms with van der Waals surface area (Å²) in [5, 5.41) is 3.77. The average Bonchev–Trinajstić information content (AvgIpc) is 2.90. The van der Waals surface area contributed by atoms with E-state index < -0.39 is 0 Å². The van der Waals surface area contributed by atoms with Crippen LogP contribution in [0.4, 0.5) is 5.69 Å². The van der Waals surface area contributed by atoms with Crippen LogP contribution < -0.4 is 10.9 Å². The first-order chi connectivity index (χ1) is 9.87. The fourth-order valence-electron chi connectivity index (χ4n) is 4.86. The zero-order valence-electron chi connectivity index (χ0n) is 13.8. The fraction of sp³-hybridized carbons (Fsp3) is 0.722. The highest BCUT2D eigenvalue weighted by molar-refractivity contribution is 5.43. The summed E-state index contributed by atoms with van der Waals surface area (Å²) in [5.74, 6) is 0.835. The van der Waals surface area contributed by atoms with E-state index in [2.05, 4.69) is 33.0 Å². The highest BCUT2D eigenvalue weighted by atomic mass is 16.1. The Kier molecular flexibility index (Phi) is 3.42. The SMILES string of the molecule is CCCn1cc(NC2C(C)(C)[C@H]3CC[C@]2(C)C3)ccc1=O. The lowest BCUT2D eigenvalue weighted by molar-refractivity contribution is 0.155. The van der Waals surface area contributed by atoms with Gasteiger partial charge >= 0.3 is 0 Å². The Morgan fingerprint density at radius 3 is 2.71 bits per heavy atom. The van der Waals surface area contributed by atoms with Gasteiger partial charge in [0.05, 0.1) is 5.69 Å². The largest absolute Gasteiger partial charge is 0.380 e. The molecule has 0 radical (unpaired) electrons. The van der Waals surface area contributed by atoms with Crippen LogP contribution in [-0.4, -0.2) is 10.6 Å². The quantitative estimate of drug-likeness (QED) is 0.912. The molecule has 0 aliphatic heterocycles. The number of aromatic nitrogens is 1. The fourth-order valence-corrected chi connectivity index (χ4v) is 4.86. The highest BCUT2D eigenvalue weighted by Crippen LogP contribution is 2.63. The highest BCUT2D eigenvalue weighted by Gasteiger charge is 2.59. The summed E-state index contributed by atoms with van der Waals surface area (Å²) in [6.45, 7) is 10.1. The van der Waals surface area contributed by atoms with E-state index in [1.165, 1.54) is 19.3 Å². The Hall–Kier alpha value is -1.25. The summed E-state index contributed by atoms with van der Waals surface area (Å²) in [4.78, 5) is 11.9. The van der Waals surface area contributed by atoms with Gasteiger partial charge in [0, 0.05) is 24.8 Å². The van der Waals surface area contributed by atoms with Gasteiger partial charge in [-0.05, 0) is 48.5 Å². The molecule has 2 aliphatic carbocycles. The van der Waals surface area contributed by atoms with Crippen LogP contribution in [0.2, 0.25) is 0 Å². The zero-order chi connectivity index (χ0) is 15.3. The lowest BCUT2D eigenvalue weighted by Crippen LogP contribution is -2.45. The van der Waals surface area contributed by atoms with Crippen molar-refractivity contribution >= 4 is 5.69 Å². The molecule has 1 heterocycles. The molecule has 3 nitrogen and oxygen atoms in total. The third kappa shape index (κ3) is 2.31. The van der Waals surface area contributed by atoms with E-state index >= 15 is 0 Å². The van der Waals surface area contributed by atoms with E-state index in [4.69, 9.17) is 0 Å². The Bertz CT molecular complexity index is 584. The second kappa shape index (κ2) is 4.89. The number of aryl methyl sites for hydroxylation is 1. The van der Waals surface area contributed by atoms with Gasteiger partial charge < -0.3 is 9.88 Å². The minimum atomic E-state index is 0.0980. The topological polar surface area (TPSA) is 34.0 Å². The van der Waals surface area contributed by atoms with E-state index in [0.29, 0.717) is 16.9 Å². The molecular formula is C18H28N2O. The molecule has 2 aliphatic rings. The molecule has 2 fully saturated rings. The van der Waals surface area contributed by atoms with Crippen molar-refractivity contribution in [1.29, 1.82) is 0 Å². The van der Waals surface area contributed by atoms with E-state index in [-0.39, 0.29) is 5.56 Å². The van der Waals surface area contributed by atoms with Crippen LogP contribution in [0, 0.1) is 16.7 Å². The molecule has 3 heteroatoms. The molecule has 1 aromatic heterocycles. The molecule has 21 heavy (non-hydrogen) atoms. The van der Waals surface area contributed by atoms with Gasteiger partial charge in [0.2, 0.25) is 0 Å².